The van der Waals surface area contributed by atoms with Gasteiger partial charge in [-0.15, -0.1) is 0 Å². The zero-order valence-corrected chi connectivity index (χ0v) is 18.0. The second-order valence-corrected chi connectivity index (χ2v) is 8.62. The number of pyridine rings is 1. The van der Waals surface area contributed by atoms with Crippen molar-refractivity contribution >= 4 is 17.0 Å². The predicted octanol–water partition coefficient (Wildman–Crippen LogP) is 5.87. The molecular weight excluding hydrogens is 454 g/mol. The van der Waals surface area contributed by atoms with Crippen LogP contribution in [0, 0.1) is 0 Å². The van der Waals surface area contributed by atoms with Crippen LogP contribution in [-0.4, -0.2) is 39.3 Å². The van der Waals surface area contributed by atoms with E-state index in [0.29, 0.717) is 18.6 Å². The van der Waals surface area contributed by atoms with Gasteiger partial charge in [0.05, 0.1) is 17.1 Å². The fourth-order valence-corrected chi connectivity index (χ4v) is 3.59. The lowest BCUT2D eigenvalue weighted by atomic mass is 9.93. The lowest BCUT2D eigenvalue weighted by molar-refractivity contribution is -0.142. The van der Waals surface area contributed by atoms with Gasteiger partial charge in [0.15, 0.2) is 0 Å². The number of nitrogens with zero attached hydrogens (tertiary/aromatic N) is 2. The number of amides is 1. The van der Waals surface area contributed by atoms with Crippen molar-refractivity contribution in [3.05, 3.63) is 53.2 Å². The van der Waals surface area contributed by atoms with Crippen LogP contribution in [-0.2, 0) is 17.1 Å². The number of carbonyl (C=O) groups is 1. The van der Waals surface area contributed by atoms with E-state index in [1.165, 1.54) is 6.08 Å². The van der Waals surface area contributed by atoms with Crippen molar-refractivity contribution in [1.29, 1.82) is 0 Å². The summed E-state index contributed by atoms with van der Waals surface area (Å²) >= 11 is 0. The lowest BCUT2D eigenvalue weighted by Gasteiger charge is -2.36. The van der Waals surface area contributed by atoms with Gasteiger partial charge in [0.2, 0.25) is 0 Å². The highest BCUT2D eigenvalue weighted by molar-refractivity contribution is 5.86. The maximum Gasteiger partial charge on any atom is 0.433 e. The molecule has 2 atom stereocenters. The van der Waals surface area contributed by atoms with Crippen LogP contribution in [0.3, 0.4) is 0 Å². The summed E-state index contributed by atoms with van der Waals surface area (Å²) in [6.07, 6.45) is -9.15. The number of alkyl halides is 6. The van der Waals surface area contributed by atoms with Gasteiger partial charge in [0.1, 0.15) is 17.4 Å². The molecule has 1 amide bonds. The molecule has 0 unspecified atom stereocenters. The number of benzene rings is 1. The number of para-hydroxylation sites is 1. The van der Waals surface area contributed by atoms with Crippen LogP contribution in [0.1, 0.15) is 50.1 Å². The van der Waals surface area contributed by atoms with Crippen molar-refractivity contribution < 1.29 is 41.0 Å². The van der Waals surface area contributed by atoms with Crippen LogP contribution in [0.2, 0.25) is 0 Å². The molecule has 5 nitrogen and oxygen atoms in total. The summed E-state index contributed by atoms with van der Waals surface area (Å²) in [5.74, 6) is 0. The monoisotopic (exact) mass is 476 g/mol. The first-order valence-electron chi connectivity index (χ1n) is 10.0. The number of carbonyl (C=O) groups excluding carboxylic acids is 1. The van der Waals surface area contributed by atoms with Crippen molar-refractivity contribution in [1.82, 2.24) is 9.88 Å². The Morgan fingerprint density at radius 1 is 1.15 bits per heavy atom. The molecular formula is C22H22F6N2O3. The Bertz CT molecular complexity index is 1070. The molecule has 33 heavy (non-hydrogen) atoms. The first kappa shape index (κ1) is 24.8. The van der Waals surface area contributed by atoms with E-state index in [0.717, 1.165) is 17.0 Å². The summed E-state index contributed by atoms with van der Waals surface area (Å²) in [5, 5.41) is 10.8. The Morgan fingerprint density at radius 2 is 1.82 bits per heavy atom. The molecule has 1 aromatic carbocycles. The molecule has 0 aliphatic carbocycles. The molecule has 0 fully saturated rings. The normalized spacial score (nSPS) is 18.5. The maximum atomic E-state index is 13.5. The molecule has 0 bridgehead atoms. The van der Waals surface area contributed by atoms with Gasteiger partial charge in [0, 0.05) is 11.9 Å². The summed E-state index contributed by atoms with van der Waals surface area (Å²) in [5.41, 5.74) is -5.17. The number of rotatable bonds is 2. The Balaban J connectivity index is 2.18. The average Bonchev–Trinajstić information content (AvgIpc) is 2.69. The number of halogens is 6. The van der Waals surface area contributed by atoms with Crippen LogP contribution in [0.4, 0.5) is 31.1 Å². The quantitative estimate of drug-likeness (QED) is 0.435. The van der Waals surface area contributed by atoms with Crippen LogP contribution >= 0.6 is 0 Å². The number of aliphatic hydroxyl groups is 1. The molecule has 1 aromatic heterocycles. The van der Waals surface area contributed by atoms with E-state index >= 15 is 0 Å². The second-order valence-electron chi connectivity index (χ2n) is 8.62. The average molecular weight is 476 g/mol. The highest BCUT2D eigenvalue weighted by atomic mass is 19.4. The Kier molecular flexibility index (Phi) is 6.40. The summed E-state index contributed by atoms with van der Waals surface area (Å²) in [4.78, 5) is 17.0. The number of ether oxygens (including phenoxy) is 1. The van der Waals surface area contributed by atoms with Crippen molar-refractivity contribution in [3.63, 3.8) is 0 Å². The smallest absolute Gasteiger partial charge is 0.433 e. The molecule has 180 valence electrons. The lowest BCUT2D eigenvalue weighted by Crippen LogP contribution is -2.47. The molecule has 1 aliphatic heterocycles. The SMILES string of the molecule is CC(C)(C)OC(=O)N1CCC=C[C@H]1[C@@H](O)c1cc(C(F)(F)F)nc2c(C(F)(F)F)cccc12. The highest BCUT2D eigenvalue weighted by Gasteiger charge is 2.40. The summed E-state index contributed by atoms with van der Waals surface area (Å²) in [6.45, 7) is 4.98. The number of hydrogen-bond donors (Lipinski definition) is 1. The first-order valence-corrected chi connectivity index (χ1v) is 10.0. The van der Waals surface area contributed by atoms with Crippen LogP contribution < -0.4 is 0 Å². The minimum Gasteiger partial charge on any atom is -0.444 e. The molecule has 1 N–H and O–H groups in total. The number of aliphatic hydroxyl groups excluding tert-OH is 1. The fraction of sp³-hybridized carbons (Fsp3) is 0.455. The molecule has 0 saturated heterocycles. The van der Waals surface area contributed by atoms with Gasteiger partial charge in [-0.1, -0.05) is 24.3 Å². The van der Waals surface area contributed by atoms with Gasteiger partial charge < -0.3 is 9.84 Å². The minimum atomic E-state index is -5.06. The van der Waals surface area contributed by atoms with Gasteiger partial charge in [0.25, 0.3) is 0 Å². The Labute approximate surface area is 185 Å². The van der Waals surface area contributed by atoms with Gasteiger partial charge >= 0.3 is 18.4 Å². The topological polar surface area (TPSA) is 62.7 Å². The van der Waals surface area contributed by atoms with E-state index in [1.807, 2.05) is 0 Å². The third-order valence-electron chi connectivity index (χ3n) is 4.97. The fourth-order valence-electron chi connectivity index (χ4n) is 3.59. The van der Waals surface area contributed by atoms with Crippen molar-refractivity contribution in [2.24, 2.45) is 0 Å². The third kappa shape index (κ3) is 5.40. The molecule has 1 aliphatic rings. The zero-order valence-electron chi connectivity index (χ0n) is 18.0. The Hall–Kier alpha value is -2.82. The standard InChI is InChI=1S/C22H22F6N2O3/c1-20(2,3)33-19(32)30-10-5-4-9-15(30)18(31)13-11-16(22(26,27)28)29-17-12(13)7-6-8-14(17)21(23,24)25/h4,6-9,11,15,18,31H,5,10H2,1-3H3/t15-,18-/m0/s1. The Morgan fingerprint density at radius 3 is 2.39 bits per heavy atom. The third-order valence-corrected chi connectivity index (χ3v) is 4.97. The second kappa shape index (κ2) is 8.51. The van der Waals surface area contributed by atoms with Gasteiger partial charge in [-0.3, -0.25) is 4.90 Å². The van der Waals surface area contributed by atoms with Crippen LogP contribution in [0.5, 0.6) is 0 Å². The van der Waals surface area contributed by atoms with Crippen molar-refractivity contribution in [2.45, 2.75) is 57.3 Å². The van der Waals surface area contributed by atoms with E-state index in [-0.39, 0.29) is 11.9 Å². The summed E-state index contributed by atoms with van der Waals surface area (Å²) < 4.78 is 86.3. The van der Waals surface area contributed by atoms with Gasteiger partial charge in [-0.25, -0.2) is 9.78 Å². The maximum absolute atomic E-state index is 13.5. The first-order chi connectivity index (χ1) is 15.1. The largest absolute Gasteiger partial charge is 0.444 e. The molecule has 0 radical (unpaired) electrons. The van der Waals surface area contributed by atoms with E-state index < -0.39 is 58.5 Å². The number of hydrogen-bond acceptors (Lipinski definition) is 4. The molecule has 2 heterocycles. The van der Waals surface area contributed by atoms with E-state index in [9.17, 15) is 36.2 Å². The minimum absolute atomic E-state index is 0.107. The van der Waals surface area contributed by atoms with Crippen LogP contribution in [0.15, 0.2) is 36.4 Å². The molecule has 2 aromatic rings. The number of aromatic nitrogens is 1. The van der Waals surface area contributed by atoms with E-state index in [4.69, 9.17) is 4.74 Å². The van der Waals surface area contributed by atoms with Gasteiger partial charge in [-0.05, 0) is 44.9 Å². The van der Waals surface area contributed by atoms with Crippen molar-refractivity contribution in [2.75, 3.05) is 6.54 Å². The van der Waals surface area contributed by atoms with E-state index in [2.05, 4.69) is 4.98 Å². The summed E-state index contributed by atoms with van der Waals surface area (Å²) in [6, 6.07) is 2.16. The van der Waals surface area contributed by atoms with Gasteiger partial charge in [-0.2, -0.15) is 26.3 Å². The highest BCUT2D eigenvalue weighted by Crippen LogP contribution is 2.40. The van der Waals surface area contributed by atoms with Crippen molar-refractivity contribution in [3.8, 4) is 0 Å². The predicted molar refractivity (Wildman–Crippen MR) is 107 cm³/mol. The molecule has 0 spiro atoms. The van der Waals surface area contributed by atoms with E-state index in [1.54, 1.807) is 26.8 Å². The summed E-state index contributed by atoms with van der Waals surface area (Å²) in [7, 11) is 0. The molecule has 0 saturated carbocycles. The molecule has 11 heteroatoms. The zero-order chi connectivity index (χ0) is 24.8. The number of fused-ring (bicyclic) bond motifs is 1. The molecule has 3 rings (SSSR count). The van der Waals surface area contributed by atoms with Crippen LogP contribution in [0.25, 0.3) is 10.9 Å².